The zero-order chi connectivity index (χ0) is 11.8. The van der Waals surface area contributed by atoms with Crippen molar-refractivity contribution >= 4 is 5.78 Å². The molecule has 0 aliphatic carbocycles. The summed E-state index contributed by atoms with van der Waals surface area (Å²) in [5.74, 6) is -0.0386. The number of imidazole rings is 1. The standard InChI is InChI=1S/C12H9N3O2/c16-10-9(8-4-2-1-3-5-8)11(17)15-7-6-13-12(15)14-10/h1-7,17H,(H,13,14,16). The summed E-state index contributed by atoms with van der Waals surface area (Å²) in [6, 6.07) is 9.10. The van der Waals surface area contributed by atoms with Crippen molar-refractivity contribution in [2.75, 3.05) is 0 Å². The van der Waals surface area contributed by atoms with Gasteiger partial charge in [0.25, 0.3) is 0 Å². The minimum atomic E-state index is -0.229. The molecule has 0 radical (unpaired) electrons. The van der Waals surface area contributed by atoms with Crippen molar-refractivity contribution in [3.63, 3.8) is 0 Å². The van der Waals surface area contributed by atoms with E-state index in [9.17, 15) is 10.2 Å². The predicted molar refractivity (Wildman–Crippen MR) is 61.8 cm³/mol. The van der Waals surface area contributed by atoms with E-state index in [1.807, 2.05) is 18.2 Å². The van der Waals surface area contributed by atoms with Crippen molar-refractivity contribution in [1.29, 1.82) is 0 Å². The molecule has 0 saturated carbocycles. The van der Waals surface area contributed by atoms with Crippen LogP contribution in [0.5, 0.6) is 11.8 Å². The van der Waals surface area contributed by atoms with Gasteiger partial charge in [-0.15, -0.1) is 0 Å². The van der Waals surface area contributed by atoms with Crippen LogP contribution in [0.2, 0.25) is 0 Å². The third-order valence-corrected chi connectivity index (χ3v) is 2.56. The van der Waals surface area contributed by atoms with Gasteiger partial charge in [-0.3, -0.25) is 4.40 Å². The van der Waals surface area contributed by atoms with Crippen molar-refractivity contribution < 1.29 is 10.2 Å². The van der Waals surface area contributed by atoms with Gasteiger partial charge in [0.05, 0.1) is 0 Å². The number of rotatable bonds is 1. The molecule has 0 spiro atoms. The Morgan fingerprint density at radius 3 is 2.59 bits per heavy atom. The van der Waals surface area contributed by atoms with Gasteiger partial charge in [0.15, 0.2) is 0 Å². The van der Waals surface area contributed by atoms with Crippen LogP contribution in [0.3, 0.4) is 0 Å². The Hall–Kier alpha value is -2.56. The van der Waals surface area contributed by atoms with Gasteiger partial charge in [-0.25, -0.2) is 4.98 Å². The predicted octanol–water partition coefficient (Wildman–Crippen LogP) is 1.81. The molecular formula is C12H9N3O2. The maximum atomic E-state index is 10.1. The highest BCUT2D eigenvalue weighted by Crippen LogP contribution is 2.35. The molecule has 1 aromatic carbocycles. The second kappa shape index (κ2) is 3.48. The first kappa shape index (κ1) is 9.65. The summed E-state index contributed by atoms with van der Waals surface area (Å²) in [5.41, 5.74) is 1.00. The summed E-state index contributed by atoms with van der Waals surface area (Å²) in [7, 11) is 0. The summed E-state index contributed by atoms with van der Waals surface area (Å²) >= 11 is 0. The van der Waals surface area contributed by atoms with Crippen molar-refractivity contribution in [3.05, 3.63) is 42.7 Å². The van der Waals surface area contributed by atoms with Gasteiger partial charge in [0, 0.05) is 12.4 Å². The zero-order valence-corrected chi connectivity index (χ0v) is 8.78. The van der Waals surface area contributed by atoms with Crippen LogP contribution in [0, 0.1) is 0 Å². The van der Waals surface area contributed by atoms with Crippen LogP contribution >= 0.6 is 0 Å². The third-order valence-electron chi connectivity index (χ3n) is 2.56. The van der Waals surface area contributed by atoms with Gasteiger partial charge in [0.2, 0.25) is 17.5 Å². The van der Waals surface area contributed by atoms with Gasteiger partial charge in [-0.2, -0.15) is 4.98 Å². The smallest absolute Gasteiger partial charge is 0.239 e. The van der Waals surface area contributed by atoms with Crippen LogP contribution in [0.1, 0.15) is 0 Å². The molecule has 0 amide bonds. The van der Waals surface area contributed by atoms with Gasteiger partial charge in [-0.05, 0) is 5.56 Å². The van der Waals surface area contributed by atoms with E-state index in [1.165, 1.54) is 10.6 Å². The monoisotopic (exact) mass is 227 g/mol. The minimum Gasteiger partial charge on any atom is -0.494 e. The molecule has 2 N–H and O–H groups in total. The Balaban J connectivity index is 2.36. The molecule has 2 heterocycles. The lowest BCUT2D eigenvalue weighted by atomic mass is 10.1. The molecule has 0 saturated heterocycles. The normalized spacial score (nSPS) is 10.8. The summed E-state index contributed by atoms with van der Waals surface area (Å²) in [5, 5.41) is 19.9. The quantitative estimate of drug-likeness (QED) is 0.665. The summed E-state index contributed by atoms with van der Waals surface area (Å²) in [6.45, 7) is 0. The van der Waals surface area contributed by atoms with Crippen LogP contribution in [0.25, 0.3) is 16.9 Å². The minimum absolute atomic E-state index is 0.0730. The number of nitrogens with zero attached hydrogens (tertiary/aromatic N) is 3. The van der Waals surface area contributed by atoms with Crippen LogP contribution in [0.4, 0.5) is 0 Å². The third kappa shape index (κ3) is 1.40. The topological polar surface area (TPSA) is 70.7 Å². The Morgan fingerprint density at radius 2 is 1.82 bits per heavy atom. The SMILES string of the molecule is Oc1nc2nccn2c(O)c1-c1ccccc1. The van der Waals surface area contributed by atoms with E-state index in [0.29, 0.717) is 11.1 Å². The van der Waals surface area contributed by atoms with E-state index in [1.54, 1.807) is 18.3 Å². The molecule has 5 heteroatoms. The molecule has 3 rings (SSSR count). The Labute approximate surface area is 96.6 Å². The van der Waals surface area contributed by atoms with Gasteiger partial charge in [0.1, 0.15) is 5.56 Å². The van der Waals surface area contributed by atoms with Crippen molar-refractivity contribution in [1.82, 2.24) is 14.4 Å². The highest BCUT2D eigenvalue weighted by Gasteiger charge is 2.15. The maximum Gasteiger partial charge on any atom is 0.239 e. The number of fused-ring (bicyclic) bond motifs is 1. The molecule has 0 fully saturated rings. The van der Waals surface area contributed by atoms with Crippen LogP contribution in [-0.4, -0.2) is 24.6 Å². The second-order valence-corrected chi connectivity index (χ2v) is 3.60. The number of aromatic hydroxyl groups is 2. The average molecular weight is 227 g/mol. The maximum absolute atomic E-state index is 10.1. The highest BCUT2D eigenvalue weighted by molar-refractivity contribution is 5.74. The Kier molecular flexibility index (Phi) is 1.98. The molecule has 3 aromatic rings. The molecule has 0 bridgehead atoms. The van der Waals surface area contributed by atoms with Crippen LogP contribution < -0.4 is 0 Å². The van der Waals surface area contributed by atoms with Crippen LogP contribution in [-0.2, 0) is 0 Å². The fourth-order valence-corrected chi connectivity index (χ4v) is 1.78. The molecule has 5 nitrogen and oxygen atoms in total. The Morgan fingerprint density at radius 1 is 1.06 bits per heavy atom. The zero-order valence-electron chi connectivity index (χ0n) is 8.78. The molecule has 2 aromatic heterocycles. The Bertz CT molecular complexity index is 677. The fraction of sp³-hybridized carbons (Fsp3) is 0. The summed E-state index contributed by atoms with van der Waals surface area (Å²) in [6.07, 6.45) is 3.10. The molecular weight excluding hydrogens is 218 g/mol. The van der Waals surface area contributed by atoms with Crippen molar-refractivity contribution in [3.8, 4) is 22.9 Å². The lowest BCUT2D eigenvalue weighted by Crippen LogP contribution is -1.93. The van der Waals surface area contributed by atoms with E-state index >= 15 is 0 Å². The molecule has 0 atom stereocenters. The van der Waals surface area contributed by atoms with E-state index in [4.69, 9.17) is 0 Å². The van der Waals surface area contributed by atoms with Gasteiger partial charge >= 0.3 is 0 Å². The lowest BCUT2D eigenvalue weighted by Gasteiger charge is -2.08. The molecule has 0 unspecified atom stereocenters. The van der Waals surface area contributed by atoms with Gasteiger partial charge in [-0.1, -0.05) is 30.3 Å². The van der Waals surface area contributed by atoms with E-state index in [-0.39, 0.29) is 17.5 Å². The van der Waals surface area contributed by atoms with Crippen LogP contribution in [0.15, 0.2) is 42.7 Å². The number of benzene rings is 1. The fourth-order valence-electron chi connectivity index (χ4n) is 1.78. The molecule has 17 heavy (non-hydrogen) atoms. The molecule has 0 aliphatic heterocycles. The van der Waals surface area contributed by atoms with E-state index in [2.05, 4.69) is 9.97 Å². The average Bonchev–Trinajstić information content (AvgIpc) is 2.78. The number of hydrogen-bond donors (Lipinski definition) is 2. The first-order chi connectivity index (χ1) is 8.27. The van der Waals surface area contributed by atoms with Crippen molar-refractivity contribution in [2.45, 2.75) is 0 Å². The number of aromatic nitrogens is 3. The lowest BCUT2D eigenvalue weighted by molar-refractivity contribution is 0.423. The van der Waals surface area contributed by atoms with Crippen molar-refractivity contribution in [2.24, 2.45) is 0 Å². The highest BCUT2D eigenvalue weighted by atomic mass is 16.3. The largest absolute Gasteiger partial charge is 0.494 e. The first-order valence-corrected chi connectivity index (χ1v) is 5.08. The molecule has 0 aliphatic rings. The van der Waals surface area contributed by atoms with Gasteiger partial charge < -0.3 is 10.2 Å². The summed E-state index contributed by atoms with van der Waals surface area (Å²) in [4.78, 5) is 7.83. The number of hydrogen-bond acceptors (Lipinski definition) is 4. The summed E-state index contributed by atoms with van der Waals surface area (Å²) < 4.78 is 1.42. The van der Waals surface area contributed by atoms with E-state index < -0.39 is 0 Å². The van der Waals surface area contributed by atoms with E-state index in [0.717, 1.165) is 0 Å². The first-order valence-electron chi connectivity index (χ1n) is 5.08. The second-order valence-electron chi connectivity index (χ2n) is 3.60. The molecule has 84 valence electrons.